The van der Waals surface area contributed by atoms with Crippen molar-refractivity contribution in [3.05, 3.63) is 89.5 Å². The van der Waals surface area contributed by atoms with Crippen LogP contribution in [-0.2, 0) is 0 Å². The number of nitrogens with zero attached hydrogens (tertiary/aromatic N) is 2. The van der Waals surface area contributed by atoms with Crippen molar-refractivity contribution in [1.29, 1.82) is 0 Å². The SMILES string of the molecule is NCCOc1ccc(C(=C(CC(F)(F)F)c2ccccc2)c2ccc3n[nH]c(F)c3c2)cn1. The number of alkyl halides is 3. The van der Waals surface area contributed by atoms with E-state index in [1.54, 1.807) is 54.6 Å². The summed E-state index contributed by atoms with van der Waals surface area (Å²) >= 11 is 0. The number of nitrogens with two attached hydrogens (primary N) is 1. The fourth-order valence-electron chi connectivity index (χ4n) is 3.60. The number of halogens is 4. The third-order valence-corrected chi connectivity index (χ3v) is 4.99. The molecule has 0 saturated carbocycles. The second kappa shape index (κ2) is 9.41. The second-order valence-electron chi connectivity index (χ2n) is 7.30. The van der Waals surface area contributed by atoms with Gasteiger partial charge in [-0.25, -0.2) is 4.98 Å². The number of ether oxygens (including phenoxy) is 1. The number of H-pyrrole nitrogens is 1. The molecule has 4 rings (SSSR count). The van der Waals surface area contributed by atoms with Crippen LogP contribution in [0, 0.1) is 5.95 Å². The summed E-state index contributed by atoms with van der Waals surface area (Å²) in [4.78, 5) is 4.22. The van der Waals surface area contributed by atoms with Gasteiger partial charge in [-0.15, -0.1) is 0 Å². The van der Waals surface area contributed by atoms with Crippen LogP contribution in [0.4, 0.5) is 17.6 Å². The first-order valence-electron chi connectivity index (χ1n) is 10.1. The lowest BCUT2D eigenvalue weighted by molar-refractivity contribution is -0.122. The van der Waals surface area contributed by atoms with Gasteiger partial charge in [0.05, 0.1) is 17.3 Å². The van der Waals surface area contributed by atoms with Crippen molar-refractivity contribution in [2.24, 2.45) is 5.73 Å². The number of hydrogen-bond acceptors (Lipinski definition) is 4. The van der Waals surface area contributed by atoms with Crippen LogP contribution in [0.15, 0.2) is 66.9 Å². The lowest BCUT2D eigenvalue weighted by Gasteiger charge is -2.19. The van der Waals surface area contributed by atoms with E-state index in [1.807, 2.05) is 0 Å². The fraction of sp³-hybridized carbons (Fsp3) is 0.167. The van der Waals surface area contributed by atoms with Gasteiger partial charge >= 0.3 is 6.18 Å². The van der Waals surface area contributed by atoms with Crippen LogP contribution < -0.4 is 10.5 Å². The standard InChI is InChI=1S/C24H20F4N4O/c25-23-18-12-16(6-8-20(18)31-32-23)22(17-7-9-21(30-14-17)33-11-10-29)19(13-24(26,27)28)15-4-2-1-3-5-15/h1-9,12,14H,10-11,13,29H2,(H,31,32). The molecule has 0 radical (unpaired) electrons. The highest BCUT2D eigenvalue weighted by Crippen LogP contribution is 2.40. The Morgan fingerprint density at radius 2 is 1.73 bits per heavy atom. The molecule has 170 valence electrons. The topological polar surface area (TPSA) is 76.8 Å². The van der Waals surface area contributed by atoms with Gasteiger partial charge in [-0.1, -0.05) is 36.4 Å². The van der Waals surface area contributed by atoms with E-state index in [0.29, 0.717) is 40.2 Å². The predicted molar refractivity (Wildman–Crippen MR) is 118 cm³/mol. The number of benzene rings is 2. The van der Waals surface area contributed by atoms with Crippen LogP contribution in [0.1, 0.15) is 23.1 Å². The highest BCUT2D eigenvalue weighted by Gasteiger charge is 2.31. The van der Waals surface area contributed by atoms with E-state index >= 15 is 0 Å². The fourth-order valence-corrected chi connectivity index (χ4v) is 3.60. The van der Waals surface area contributed by atoms with Crippen LogP contribution in [0.3, 0.4) is 0 Å². The average molecular weight is 456 g/mol. The van der Waals surface area contributed by atoms with Crippen LogP contribution in [0.2, 0.25) is 0 Å². The van der Waals surface area contributed by atoms with Crippen molar-refractivity contribution in [3.63, 3.8) is 0 Å². The summed E-state index contributed by atoms with van der Waals surface area (Å²) in [5, 5.41) is 6.30. The zero-order valence-electron chi connectivity index (χ0n) is 17.4. The van der Waals surface area contributed by atoms with Gasteiger partial charge in [0.25, 0.3) is 0 Å². The molecule has 5 nitrogen and oxygen atoms in total. The molecular weight excluding hydrogens is 436 g/mol. The summed E-state index contributed by atoms with van der Waals surface area (Å²) in [5.41, 5.74) is 7.39. The summed E-state index contributed by atoms with van der Waals surface area (Å²) in [5.74, 6) is -0.357. The maximum atomic E-state index is 14.2. The minimum absolute atomic E-state index is 0.0452. The second-order valence-corrected chi connectivity index (χ2v) is 7.30. The molecule has 0 spiro atoms. The van der Waals surface area contributed by atoms with Gasteiger partial charge in [0.2, 0.25) is 11.8 Å². The Hall–Kier alpha value is -3.72. The highest BCUT2D eigenvalue weighted by atomic mass is 19.4. The molecule has 0 aliphatic carbocycles. The van der Waals surface area contributed by atoms with Gasteiger partial charge in [-0.2, -0.15) is 22.7 Å². The van der Waals surface area contributed by atoms with E-state index in [-0.39, 0.29) is 17.6 Å². The minimum Gasteiger partial charge on any atom is -0.476 e. The van der Waals surface area contributed by atoms with Gasteiger partial charge in [0.1, 0.15) is 6.61 Å². The van der Waals surface area contributed by atoms with Gasteiger partial charge in [0, 0.05) is 24.4 Å². The quantitative estimate of drug-likeness (QED) is 0.291. The maximum absolute atomic E-state index is 14.2. The van der Waals surface area contributed by atoms with E-state index in [0.717, 1.165) is 0 Å². The molecular formula is C24H20F4N4O. The zero-order chi connectivity index (χ0) is 23.4. The highest BCUT2D eigenvalue weighted by molar-refractivity contribution is 6.00. The van der Waals surface area contributed by atoms with Gasteiger partial charge in [-0.05, 0) is 40.5 Å². The molecule has 0 atom stereocenters. The molecule has 0 aliphatic heterocycles. The normalized spacial score (nSPS) is 12.6. The lowest BCUT2D eigenvalue weighted by atomic mass is 9.88. The molecule has 2 heterocycles. The molecule has 3 N–H and O–H groups in total. The monoisotopic (exact) mass is 456 g/mol. The lowest BCUT2D eigenvalue weighted by Crippen LogP contribution is -2.11. The Labute approximate surface area is 186 Å². The summed E-state index contributed by atoms with van der Waals surface area (Å²) < 4.78 is 60.7. The van der Waals surface area contributed by atoms with Crippen LogP contribution >= 0.6 is 0 Å². The van der Waals surface area contributed by atoms with Crippen molar-refractivity contribution in [3.8, 4) is 5.88 Å². The van der Waals surface area contributed by atoms with Gasteiger partial charge in [-0.3, -0.25) is 5.10 Å². The van der Waals surface area contributed by atoms with Crippen molar-refractivity contribution >= 4 is 22.0 Å². The van der Waals surface area contributed by atoms with Gasteiger partial charge < -0.3 is 10.5 Å². The molecule has 9 heteroatoms. The molecule has 4 aromatic rings. The van der Waals surface area contributed by atoms with Crippen molar-refractivity contribution in [1.82, 2.24) is 15.2 Å². The zero-order valence-corrected chi connectivity index (χ0v) is 17.4. The van der Waals surface area contributed by atoms with E-state index in [4.69, 9.17) is 10.5 Å². The van der Waals surface area contributed by atoms with Crippen molar-refractivity contribution < 1.29 is 22.3 Å². The molecule has 33 heavy (non-hydrogen) atoms. The van der Waals surface area contributed by atoms with Crippen LogP contribution in [0.25, 0.3) is 22.0 Å². The van der Waals surface area contributed by atoms with E-state index in [9.17, 15) is 17.6 Å². The number of aromatic amines is 1. The molecule has 0 saturated heterocycles. The summed E-state index contributed by atoms with van der Waals surface area (Å²) in [7, 11) is 0. The molecule has 0 amide bonds. The van der Waals surface area contributed by atoms with Crippen molar-refractivity contribution in [2.75, 3.05) is 13.2 Å². The van der Waals surface area contributed by atoms with E-state index < -0.39 is 18.5 Å². The third kappa shape index (κ3) is 5.20. The maximum Gasteiger partial charge on any atom is 0.393 e. The smallest absolute Gasteiger partial charge is 0.393 e. The number of allylic oxidation sites excluding steroid dienone is 1. The average Bonchev–Trinajstić information content (AvgIpc) is 3.18. The van der Waals surface area contributed by atoms with Crippen LogP contribution in [0.5, 0.6) is 5.88 Å². The predicted octanol–water partition coefficient (Wildman–Crippen LogP) is 5.35. The Morgan fingerprint density at radius 3 is 2.39 bits per heavy atom. The van der Waals surface area contributed by atoms with E-state index in [1.165, 1.54) is 12.3 Å². The Bertz CT molecular complexity index is 1270. The number of aromatic nitrogens is 3. The molecule has 0 bridgehead atoms. The number of nitrogens with one attached hydrogen (secondary N) is 1. The van der Waals surface area contributed by atoms with Crippen LogP contribution in [-0.4, -0.2) is 34.5 Å². The molecule has 0 fully saturated rings. The Morgan fingerprint density at radius 1 is 0.970 bits per heavy atom. The Kier molecular flexibility index (Phi) is 6.41. The first kappa shape index (κ1) is 22.5. The molecule has 2 aromatic heterocycles. The largest absolute Gasteiger partial charge is 0.476 e. The summed E-state index contributed by atoms with van der Waals surface area (Å²) in [6.45, 7) is 0.559. The Balaban J connectivity index is 1.96. The van der Waals surface area contributed by atoms with E-state index in [2.05, 4.69) is 15.2 Å². The van der Waals surface area contributed by atoms with Crippen molar-refractivity contribution in [2.45, 2.75) is 12.6 Å². The number of fused-ring (bicyclic) bond motifs is 1. The molecule has 0 unspecified atom stereocenters. The number of pyridine rings is 1. The minimum atomic E-state index is -4.47. The number of rotatable bonds is 7. The summed E-state index contributed by atoms with van der Waals surface area (Å²) in [6.07, 6.45) is -4.21. The summed E-state index contributed by atoms with van der Waals surface area (Å²) in [6, 6.07) is 16.2. The number of hydrogen-bond donors (Lipinski definition) is 2. The van der Waals surface area contributed by atoms with Gasteiger partial charge in [0.15, 0.2) is 0 Å². The first-order valence-corrected chi connectivity index (χ1v) is 10.1. The first-order chi connectivity index (χ1) is 15.9. The molecule has 0 aliphatic rings. The third-order valence-electron chi connectivity index (χ3n) is 4.99. The molecule has 2 aromatic carbocycles.